The number of pyridine rings is 1. The number of aromatic amines is 2. The van der Waals surface area contributed by atoms with Crippen molar-refractivity contribution in [3.05, 3.63) is 66.9 Å². The number of benzene rings is 1. The van der Waals surface area contributed by atoms with Crippen LogP contribution in [0.1, 0.15) is 30.4 Å². The van der Waals surface area contributed by atoms with Crippen molar-refractivity contribution in [1.29, 1.82) is 0 Å². The third-order valence-electron chi connectivity index (χ3n) is 5.06. The number of nitrogens with one attached hydrogen (secondary N) is 3. The van der Waals surface area contributed by atoms with E-state index in [4.69, 9.17) is 0 Å². The minimum Gasteiger partial charge on any atom is -0.350 e. The summed E-state index contributed by atoms with van der Waals surface area (Å²) in [5, 5.41) is 18.8. The summed E-state index contributed by atoms with van der Waals surface area (Å²) in [6.45, 7) is 4.10. The van der Waals surface area contributed by atoms with Gasteiger partial charge in [-0.05, 0) is 32.0 Å². The Balaban J connectivity index is 1.44. The fourth-order valence-corrected chi connectivity index (χ4v) is 3.53. The first-order chi connectivity index (χ1) is 15.1. The first-order valence-corrected chi connectivity index (χ1v) is 9.89. The van der Waals surface area contributed by atoms with Crippen LogP contribution >= 0.6 is 0 Å². The summed E-state index contributed by atoms with van der Waals surface area (Å²) in [7, 11) is 0. The van der Waals surface area contributed by atoms with Gasteiger partial charge >= 0.3 is 0 Å². The molecule has 0 aliphatic carbocycles. The maximum absolute atomic E-state index is 12.9. The summed E-state index contributed by atoms with van der Waals surface area (Å²) in [5.41, 5.74) is 3.88. The van der Waals surface area contributed by atoms with Crippen molar-refractivity contribution in [3.63, 3.8) is 0 Å². The molecule has 0 radical (unpaired) electrons. The minimum atomic E-state index is -0.274. The van der Waals surface area contributed by atoms with Crippen LogP contribution in [-0.4, -0.2) is 40.8 Å². The highest BCUT2D eigenvalue weighted by molar-refractivity contribution is 6.07. The van der Waals surface area contributed by atoms with Crippen molar-refractivity contribution in [1.82, 2.24) is 34.9 Å². The molecule has 0 saturated carbocycles. The Morgan fingerprint density at radius 2 is 2.03 bits per heavy atom. The summed E-state index contributed by atoms with van der Waals surface area (Å²) >= 11 is 0. The van der Waals surface area contributed by atoms with E-state index in [0.717, 1.165) is 22.0 Å². The molecule has 0 spiro atoms. The highest BCUT2D eigenvalue weighted by Crippen LogP contribution is 2.28. The molecule has 9 heteroatoms. The molecule has 1 amide bonds. The van der Waals surface area contributed by atoms with Crippen LogP contribution in [0.4, 0.5) is 5.82 Å². The highest BCUT2D eigenvalue weighted by Gasteiger charge is 2.15. The molecule has 0 atom stereocenters. The molecule has 5 rings (SSSR count). The Bertz CT molecular complexity index is 1360. The van der Waals surface area contributed by atoms with Gasteiger partial charge in [-0.3, -0.25) is 9.89 Å². The number of nitrogens with zero attached hydrogens (tertiary/aromatic N) is 5. The number of anilines is 1. The molecule has 5 aromatic rings. The Kier molecular flexibility index (Phi) is 4.55. The van der Waals surface area contributed by atoms with Gasteiger partial charge in [-0.1, -0.05) is 24.3 Å². The van der Waals surface area contributed by atoms with Gasteiger partial charge in [0.25, 0.3) is 5.91 Å². The average molecular weight is 412 g/mol. The third kappa shape index (κ3) is 3.46. The van der Waals surface area contributed by atoms with Crippen molar-refractivity contribution in [2.24, 2.45) is 0 Å². The Morgan fingerprint density at radius 1 is 1.16 bits per heavy atom. The maximum atomic E-state index is 12.9. The number of aromatic nitrogens is 7. The number of H-pyrrole nitrogens is 2. The van der Waals surface area contributed by atoms with Crippen LogP contribution in [0.3, 0.4) is 0 Å². The molecule has 4 aromatic heterocycles. The molecule has 9 nitrogen and oxygen atoms in total. The lowest BCUT2D eigenvalue weighted by atomic mass is 10.1. The van der Waals surface area contributed by atoms with Crippen molar-refractivity contribution in [2.45, 2.75) is 19.9 Å². The highest BCUT2D eigenvalue weighted by atomic mass is 16.1. The van der Waals surface area contributed by atoms with Crippen molar-refractivity contribution >= 4 is 22.6 Å². The molecule has 31 heavy (non-hydrogen) atoms. The third-order valence-corrected chi connectivity index (χ3v) is 5.06. The lowest BCUT2D eigenvalue weighted by molar-refractivity contribution is 0.102. The summed E-state index contributed by atoms with van der Waals surface area (Å²) in [5.74, 6) is 0.820. The van der Waals surface area contributed by atoms with Crippen molar-refractivity contribution in [2.75, 3.05) is 5.32 Å². The summed E-state index contributed by atoms with van der Waals surface area (Å²) < 4.78 is 1.93. The SMILES string of the molecule is CC(C)n1cnnc1-c1cccc(NC(=O)c2cc3cccc(-c4cn[nH]c4)c3[nH]2)n1. The predicted octanol–water partition coefficient (Wildman–Crippen LogP) is 4.04. The van der Waals surface area contributed by atoms with E-state index in [9.17, 15) is 4.79 Å². The van der Waals surface area contributed by atoms with Gasteiger partial charge in [0.1, 0.15) is 23.5 Å². The van der Waals surface area contributed by atoms with E-state index in [1.165, 1.54) is 0 Å². The molecule has 0 unspecified atom stereocenters. The van der Waals surface area contributed by atoms with Gasteiger partial charge in [0.05, 0.1) is 11.7 Å². The molecule has 4 heterocycles. The second-order valence-electron chi connectivity index (χ2n) is 7.46. The molecular weight excluding hydrogens is 392 g/mol. The van der Waals surface area contributed by atoms with Crippen LogP contribution in [0.15, 0.2) is 61.2 Å². The molecule has 0 bridgehead atoms. The van der Waals surface area contributed by atoms with Crippen LogP contribution in [0.25, 0.3) is 33.5 Å². The van der Waals surface area contributed by atoms with Gasteiger partial charge in [0, 0.05) is 28.8 Å². The first-order valence-electron chi connectivity index (χ1n) is 9.89. The zero-order chi connectivity index (χ0) is 21.4. The lowest BCUT2D eigenvalue weighted by Crippen LogP contribution is -2.13. The smallest absolute Gasteiger partial charge is 0.273 e. The summed E-state index contributed by atoms with van der Waals surface area (Å²) in [6, 6.07) is 13.4. The largest absolute Gasteiger partial charge is 0.350 e. The van der Waals surface area contributed by atoms with Gasteiger partial charge in [-0.15, -0.1) is 10.2 Å². The topological polar surface area (TPSA) is 117 Å². The molecule has 0 saturated heterocycles. The minimum absolute atomic E-state index is 0.195. The van der Waals surface area contributed by atoms with E-state index in [1.54, 1.807) is 18.6 Å². The predicted molar refractivity (Wildman–Crippen MR) is 117 cm³/mol. The number of para-hydroxylation sites is 1. The average Bonchev–Trinajstić information content (AvgIpc) is 3.53. The normalized spacial score (nSPS) is 11.3. The number of hydrogen-bond acceptors (Lipinski definition) is 5. The molecule has 0 aliphatic rings. The van der Waals surface area contributed by atoms with E-state index in [-0.39, 0.29) is 11.9 Å². The monoisotopic (exact) mass is 412 g/mol. The summed E-state index contributed by atoms with van der Waals surface area (Å²) in [6.07, 6.45) is 5.25. The number of amides is 1. The van der Waals surface area contributed by atoms with E-state index in [2.05, 4.69) is 35.7 Å². The Hall–Kier alpha value is -4.27. The molecular formula is C22H20N8O. The standard InChI is InChI=1S/C22H20N8O/c1-13(2)30-12-25-29-21(30)17-7-4-8-19(26-17)28-22(31)18-9-14-5-3-6-16(20(14)27-18)15-10-23-24-11-15/h3-13,27H,1-2H3,(H,23,24)(H,26,28,31). The van der Waals surface area contributed by atoms with Crippen molar-refractivity contribution in [3.8, 4) is 22.6 Å². The van der Waals surface area contributed by atoms with Crippen LogP contribution in [-0.2, 0) is 0 Å². The van der Waals surface area contributed by atoms with Crippen LogP contribution < -0.4 is 5.32 Å². The molecule has 3 N–H and O–H groups in total. The first kappa shape index (κ1) is 18.7. The van der Waals surface area contributed by atoms with E-state index >= 15 is 0 Å². The van der Waals surface area contributed by atoms with Gasteiger partial charge < -0.3 is 14.9 Å². The lowest BCUT2D eigenvalue weighted by Gasteiger charge is -2.10. The second-order valence-corrected chi connectivity index (χ2v) is 7.46. The van der Waals surface area contributed by atoms with E-state index in [0.29, 0.717) is 23.0 Å². The number of carbonyl (C=O) groups excluding carboxylic acids is 1. The summed E-state index contributed by atoms with van der Waals surface area (Å²) in [4.78, 5) is 20.7. The van der Waals surface area contributed by atoms with Crippen LogP contribution in [0, 0.1) is 0 Å². The van der Waals surface area contributed by atoms with Gasteiger partial charge in [0.15, 0.2) is 5.82 Å². The molecule has 154 valence electrons. The van der Waals surface area contributed by atoms with Gasteiger partial charge in [0.2, 0.25) is 0 Å². The second kappa shape index (κ2) is 7.52. The zero-order valence-electron chi connectivity index (χ0n) is 17.0. The van der Waals surface area contributed by atoms with Gasteiger partial charge in [-0.25, -0.2) is 4.98 Å². The van der Waals surface area contributed by atoms with Crippen molar-refractivity contribution < 1.29 is 4.79 Å². The Morgan fingerprint density at radius 3 is 2.84 bits per heavy atom. The molecule has 0 aliphatic heterocycles. The molecule has 1 aromatic carbocycles. The van der Waals surface area contributed by atoms with E-state index in [1.807, 2.05) is 61.0 Å². The number of fused-ring (bicyclic) bond motifs is 1. The maximum Gasteiger partial charge on any atom is 0.273 e. The number of rotatable bonds is 5. The quantitative estimate of drug-likeness (QED) is 0.403. The number of hydrogen-bond donors (Lipinski definition) is 3. The Labute approximate surface area is 177 Å². The van der Waals surface area contributed by atoms with Crippen LogP contribution in [0.2, 0.25) is 0 Å². The number of carbonyl (C=O) groups is 1. The zero-order valence-corrected chi connectivity index (χ0v) is 17.0. The van der Waals surface area contributed by atoms with Crippen LogP contribution in [0.5, 0.6) is 0 Å². The molecule has 0 fully saturated rings. The fourth-order valence-electron chi connectivity index (χ4n) is 3.53. The fraction of sp³-hybridized carbons (Fsp3) is 0.136. The van der Waals surface area contributed by atoms with E-state index < -0.39 is 0 Å². The van der Waals surface area contributed by atoms with Gasteiger partial charge in [-0.2, -0.15) is 5.10 Å².